The van der Waals surface area contributed by atoms with Gasteiger partial charge in [-0.1, -0.05) is 0 Å². The molecule has 0 radical (unpaired) electrons. The van der Waals surface area contributed by atoms with Gasteiger partial charge in [0.2, 0.25) is 0 Å². The lowest BCUT2D eigenvalue weighted by atomic mass is 10.1. The van der Waals surface area contributed by atoms with Crippen molar-refractivity contribution in [1.29, 1.82) is 0 Å². The van der Waals surface area contributed by atoms with Crippen molar-refractivity contribution < 1.29 is 14.1 Å². The summed E-state index contributed by atoms with van der Waals surface area (Å²) in [6, 6.07) is 9.71. The second kappa shape index (κ2) is 7.40. The largest absolute Gasteiger partial charge is 0.457 e. The SMILES string of the molecule is O=C1N=C(N2CCCCC2)S/C1=C\c1ccc(-c2ccc([N+](=O)[O-])cc2)o1. The van der Waals surface area contributed by atoms with Crippen molar-refractivity contribution in [3.63, 3.8) is 0 Å². The zero-order valence-corrected chi connectivity index (χ0v) is 15.3. The summed E-state index contributed by atoms with van der Waals surface area (Å²) in [4.78, 5) is 29.4. The van der Waals surface area contributed by atoms with Crippen LogP contribution >= 0.6 is 11.8 Å². The van der Waals surface area contributed by atoms with Crippen LogP contribution < -0.4 is 0 Å². The normalized spacial score (nSPS) is 18.8. The summed E-state index contributed by atoms with van der Waals surface area (Å²) in [7, 11) is 0. The van der Waals surface area contributed by atoms with Gasteiger partial charge in [0.15, 0.2) is 5.17 Å². The van der Waals surface area contributed by atoms with Gasteiger partial charge < -0.3 is 9.32 Å². The van der Waals surface area contributed by atoms with Crippen molar-refractivity contribution >= 4 is 34.6 Å². The number of furan rings is 1. The molecule has 138 valence electrons. The number of amides is 1. The second-order valence-electron chi connectivity index (χ2n) is 6.36. The molecule has 0 saturated carbocycles. The van der Waals surface area contributed by atoms with Crippen LogP contribution in [0.15, 0.2) is 50.7 Å². The Morgan fingerprint density at radius 2 is 1.85 bits per heavy atom. The van der Waals surface area contributed by atoms with E-state index in [9.17, 15) is 14.9 Å². The molecule has 2 aromatic rings. The van der Waals surface area contributed by atoms with Gasteiger partial charge in [-0.15, -0.1) is 0 Å². The number of amidine groups is 1. The Bertz CT molecular complexity index is 940. The Hall–Kier alpha value is -2.87. The summed E-state index contributed by atoms with van der Waals surface area (Å²) in [5, 5.41) is 11.5. The van der Waals surface area contributed by atoms with Gasteiger partial charge in [0, 0.05) is 36.9 Å². The highest BCUT2D eigenvalue weighted by molar-refractivity contribution is 8.18. The lowest BCUT2D eigenvalue weighted by Gasteiger charge is -2.27. The number of likely N-dealkylation sites (tertiary alicyclic amines) is 1. The van der Waals surface area contributed by atoms with Crippen molar-refractivity contribution in [1.82, 2.24) is 4.90 Å². The summed E-state index contributed by atoms with van der Waals surface area (Å²) in [6.07, 6.45) is 5.18. The van der Waals surface area contributed by atoms with E-state index in [1.807, 2.05) is 0 Å². The monoisotopic (exact) mass is 383 g/mol. The first-order chi connectivity index (χ1) is 13.1. The summed E-state index contributed by atoms with van der Waals surface area (Å²) in [6.45, 7) is 1.88. The molecular weight excluding hydrogens is 366 g/mol. The van der Waals surface area contributed by atoms with E-state index in [0.29, 0.717) is 16.4 Å². The van der Waals surface area contributed by atoms with Gasteiger partial charge in [-0.2, -0.15) is 4.99 Å². The lowest BCUT2D eigenvalue weighted by Crippen LogP contribution is -2.33. The molecule has 1 aromatic carbocycles. The van der Waals surface area contributed by atoms with E-state index in [4.69, 9.17) is 4.42 Å². The van der Waals surface area contributed by atoms with Crippen molar-refractivity contribution in [2.24, 2.45) is 4.99 Å². The van der Waals surface area contributed by atoms with Crippen molar-refractivity contribution in [2.75, 3.05) is 13.1 Å². The fraction of sp³-hybridized carbons (Fsp3) is 0.263. The molecule has 7 nitrogen and oxygen atoms in total. The molecule has 8 heteroatoms. The van der Waals surface area contributed by atoms with Crippen LogP contribution in [0.5, 0.6) is 0 Å². The topological polar surface area (TPSA) is 89.0 Å². The number of nitrogens with zero attached hydrogens (tertiary/aromatic N) is 3. The molecule has 1 saturated heterocycles. The van der Waals surface area contributed by atoms with Gasteiger partial charge in [-0.25, -0.2) is 0 Å². The van der Waals surface area contributed by atoms with Gasteiger partial charge in [-0.3, -0.25) is 14.9 Å². The van der Waals surface area contributed by atoms with Crippen molar-refractivity contribution in [3.05, 3.63) is 57.2 Å². The summed E-state index contributed by atoms with van der Waals surface area (Å²) < 4.78 is 5.78. The summed E-state index contributed by atoms with van der Waals surface area (Å²) in [5.74, 6) is 0.896. The average molecular weight is 383 g/mol. The standard InChI is InChI=1S/C19H17N3O4S/c23-18-17(27-19(20-18)21-10-2-1-3-11-21)12-15-8-9-16(26-15)13-4-6-14(7-5-13)22(24)25/h4-9,12H,1-3,10-11H2/b17-12-. The smallest absolute Gasteiger partial charge is 0.286 e. The van der Waals surface area contributed by atoms with E-state index in [-0.39, 0.29) is 11.6 Å². The Morgan fingerprint density at radius 1 is 1.11 bits per heavy atom. The quantitative estimate of drug-likeness (QED) is 0.446. The number of aliphatic imine (C=N–C) groups is 1. The molecule has 27 heavy (non-hydrogen) atoms. The van der Waals surface area contributed by atoms with Crippen LogP contribution in [-0.2, 0) is 4.79 Å². The third-order valence-corrected chi connectivity index (χ3v) is 5.54. The lowest BCUT2D eigenvalue weighted by molar-refractivity contribution is -0.384. The number of carbonyl (C=O) groups excluding carboxylic acids is 1. The zero-order chi connectivity index (χ0) is 18.8. The predicted molar refractivity (Wildman–Crippen MR) is 104 cm³/mol. The number of piperidine rings is 1. The number of thioether (sulfide) groups is 1. The maximum absolute atomic E-state index is 12.2. The van der Waals surface area contributed by atoms with E-state index in [0.717, 1.165) is 36.7 Å². The van der Waals surface area contributed by atoms with E-state index in [2.05, 4.69) is 9.89 Å². The first-order valence-corrected chi connectivity index (χ1v) is 9.54. The molecule has 1 amide bonds. The van der Waals surface area contributed by atoms with E-state index in [1.54, 1.807) is 30.3 Å². The number of rotatable bonds is 3. The van der Waals surface area contributed by atoms with Crippen LogP contribution in [-0.4, -0.2) is 34.0 Å². The highest BCUT2D eigenvalue weighted by atomic mass is 32.2. The highest BCUT2D eigenvalue weighted by Gasteiger charge is 2.27. The fourth-order valence-electron chi connectivity index (χ4n) is 3.08. The molecule has 0 aliphatic carbocycles. The molecule has 0 spiro atoms. The molecule has 3 heterocycles. The van der Waals surface area contributed by atoms with Gasteiger partial charge in [-0.05, 0) is 55.3 Å². The second-order valence-corrected chi connectivity index (χ2v) is 7.37. The third kappa shape index (κ3) is 3.80. The average Bonchev–Trinajstić information content (AvgIpc) is 3.30. The fourth-order valence-corrected chi connectivity index (χ4v) is 4.03. The van der Waals surface area contributed by atoms with Crippen LogP contribution in [0.25, 0.3) is 17.4 Å². The number of nitro benzene ring substituents is 1. The minimum Gasteiger partial charge on any atom is -0.457 e. The third-order valence-electron chi connectivity index (χ3n) is 4.50. The first-order valence-electron chi connectivity index (χ1n) is 8.72. The predicted octanol–water partition coefficient (Wildman–Crippen LogP) is 4.31. The van der Waals surface area contributed by atoms with Crippen LogP contribution in [0.3, 0.4) is 0 Å². The van der Waals surface area contributed by atoms with Crippen molar-refractivity contribution in [2.45, 2.75) is 19.3 Å². The molecule has 0 N–H and O–H groups in total. The molecule has 0 unspecified atom stereocenters. The molecule has 0 atom stereocenters. The minimum atomic E-state index is -0.440. The van der Waals surface area contributed by atoms with Gasteiger partial charge in [0.1, 0.15) is 11.5 Å². The molecular formula is C19H17N3O4S. The number of benzene rings is 1. The van der Waals surface area contributed by atoms with Crippen molar-refractivity contribution in [3.8, 4) is 11.3 Å². The van der Waals surface area contributed by atoms with Crippen LogP contribution in [0.4, 0.5) is 5.69 Å². The zero-order valence-electron chi connectivity index (χ0n) is 14.5. The van der Waals surface area contributed by atoms with E-state index >= 15 is 0 Å². The molecule has 1 aromatic heterocycles. The number of carbonyl (C=O) groups is 1. The number of nitro groups is 1. The van der Waals surface area contributed by atoms with Gasteiger partial charge in [0.05, 0.1) is 9.83 Å². The molecule has 2 aliphatic heterocycles. The Balaban J connectivity index is 1.49. The van der Waals surface area contributed by atoms with Crippen LogP contribution in [0, 0.1) is 10.1 Å². The van der Waals surface area contributed by atoms with Crippen LogP contribution in [0.2, 0.25) is 0 Å². The first kappa shape index (κ1) is 17.5. The Morgan fingerprint density at radius 3 is 2.56 bits per heavy atom. The maximum atomic E-state index is 12.2. The van der Waals surface area contributed by atoms with E-state index in [1.165, 1.54) is 30.3 Å². The summed E-state index contributed by atoms with van der Waals surface area (Å²) >= 11 is 1.38. The molecule has 2 aliphatic rings. The van der Waals surface area contributed by atoms with Crippen LogP contribution in [0.1, 0.15) is 25.0 Å². The van der Waals surface area contributed by atoms with Gasteiger partial charge in [0.25, 0.3) is 11.6 Å². The minimum absolute atomic E-state index is 0.0305. The number of hydrogen-bond acceptors (Lipinski definition) is 6. The highest BCUT2D eigenvalue weighted by Crippen LogP contribution is 2.32. The van der Waals surface area contributed by atoms with Gasteiger partial charge >= 0.3 is 0 Å². The summed E-state index contributed by atoms with van der Waals surface area (Å²) in [5.41, 5.74) is 0.767. The molecule has 0 bridgehead atoms. The van der Waals surface area contributed by atoms with E-state index < -0.39 is 4.92 Å². The Kier molecular flexibility index (Phi) is 4.81. The Labute approximate surface area is 159 Å². The maximum Gasteiger partial charge on any atom is 0.286 e. The number of non-ortho nitro benzene ring substituents is 1. The number of hydrogen-bond donors (Lipinski definition) is 0. The molecule has 4 rings (SSSR count). The molecule has 1 fully saturated rings.